The van der Waals surface area contributed by atoms with E-state index in [1.54, 1.807) is 7.11 Å². The first-order valence-electron chi connectivity index (χ1n) is 10.1. The standard InChI is InChI=1S/C24H23N2O3/c1-28-22-8-5-4-7-19(22)26-16-20(25-14-6-2-3-9-23(25)26)17-10-12-21-18(15-17)11-13-24(27)29-21/h4-5,7-8,10-13,15-16H,2-3,6,9,14H2,1H3/q+1. The van der Waals surface area contributed by atoms with E-state index in [1.165, 1.54) is 36.8 Å². The van der Waals surface area contributed by atoms with E-state index in [1.807, 2.05) is 36.4 Å². The van der Waals surface area contributed by atoms with Crippen LogP contribution in [0.5, 0.6) is 5.75 Å². The number of rotatable bonds is 3. The summed E-state index contributed by atoms with van der Waals surface area (Å²) in [4.78, 5) is 11.5. The van der Waals surface area contributed by atoms with Gasteiger partial charge in [-0.2, -0.15) is 4.57 Å². The number of imidazole rings is 1. The molecule has 0 N–H and O–H groups in total. The summed E-state index contributed by atoms with van der Waals surface area (Å²) in [5.74, 6) is 2.16. The second-order valence-corrected chi connectivity index (χ2v) is 7.44. The molecule has 5 nitrogen and oxygen atoms in total. The lowest BCUT2D eigenvalue weighted by Gasteiger charge is -2.06. The highest BCUT2D eigenvalue weighted by molar-refractivity contribution is 5.81. The highest BCUT2D eigenvalue weighted by Gasteiger charge is 2.28. The lowest BCUT2D eigenvalue weighted by molar-refractivity contribution is -0.692. The van der Waals surface area contributed by atoms with Crippen LogP contribution in [0, 0.1) is 0 Å². The third-order valence-electron chi connectivity index (χ3n) is 5.67. The third kappa shape index (κ3) is 3.12. The molecule has 1 aliphatic rings. The maximum atomic E-state index is 11.5. The Morgan fingerprint density at radius 3 is 2.83 bits per heavy atom. The third-order valence-corrected chi connectivity index (χ3v) is 5.67. The van der Waals surface area contributed by atoms with E-state index in [-0.39, 0.29) is 5.63 Å². The summed E-state index contributed by atoms with van der Waals surface area (Å²) in [6.07, 6.45) is 6.82. The van der Waals surface area contributed by atoms with Gasteiger partial charge in [-0.25, -0.2) is 9.36 Å². The van der Waals surface area contributed by atoms with Crippen LogP contribution in [0.25, 0.3) is 27.9 Å². The fourth-order valence-corrected chi connectivity index (χ4v) is 4.27. The molecular formula is C24H23N2O3+. The van der Waals surface area contributed by atoms with Crippen LogP contribution in [0.3, 0.4) is 0 Å². The number of nitrogens with zero attached hydrogens (tertiary/aromatic N) is 2. The number of para-hydroxylation sites is 2. The summed E-state index contributed by atoms with van der Waals surface area (Å²) in [5, 5.41) is 0.926. The van der Waals surface area contributed by atoms with Crippen molar-refractivity contribution in [3.8, 4) is 22.7 Å². The van der Waals surface area contributed by atoms with Gasteiger partial charge in [-0.15, -0.1) is 0 Å². The van der Waals surface area contributed by atoms with Crippen molar-refractivity contribution in [1.82, 2.24) is 4.57 Å². The van der Waals surface area contributed by atoms with Crippen molar-refractivity contribution in [2.75, 3.05) is 7.11 Å². The Bertz CT molecular complexity index is 1250. The van der Waals surface area contributed by atoms with Crippen molar-refractivity contribution >= 4 is 11.0 Å². The van der Waals surface area contributed by atoms with Crippen molar-refractivity contribution < 1.29 is 13.7 Å². The van der Waals surface area contributed by atoms with Crippen molar-refractivity contribution in [1.29, 1.82) is 0 Å². The molecule has 0 amide bonds. The number of fused-ring (bicyclic) bond motifs is 2. The summed E-state index contributed by atoms with van der Waals surface area (Å²) >= 11 is 0. The van der Waals surface area contributed by atoms with E-state index in [4.69, 9.17) is 9.15 Å². The van der Waals surface area contributed by atoms with Crippen LogP contribution in [0.15, 0.2) is 70.0 Å². The van der Waals surface area contributed by atoms with E-state index >= 15 is 0 Å². The topological polar surface area (TPSA) is 48.3 Å². The molecule has 4 aromatic rings. The molecule has 146 valence electrons. The molecule has 3 heterocycles. The summed E-state index contributed by atoms with van der Waals surface area (Å²) in [6.45, 7) is 0.995. The smallest absolute Gasteiger partial charge is 0.336 e. The maximum absolute atomic E-state index is 11.5. The number of ether oxygens (including phenoxy) is 1. The molecular weight excluding hydrogens is 364 g/mol. The van der Waals surface area contributed by atoms with Crippen molar-refractivity contribution in [3.63, 3.8) is 0 Å². The van der Waals surface area contributed by atoms with Gasteiger partial charge in [0.2, 0.25) is 0 Å². The maximum Gasteiger partial charge on any atom is 0.336 e. The zero-order chi connectivity index (χ0) is 19.8. The van der Waals surface area contributed by atoms with E-state index in [0.29, 0.717) is 5.58 Å². The molecule has 0 unspecified atom stereocenters. The summed E-state index contributed by atoms with van der Waals surface area (Å²) < 4.78 is 15.6. The van der Waals surface area contributed by atoms with Crippen LogP contribution in [-0.2, 0) is 13.0 Å². The van der Waals surface area contributed by atoms with E-state index in [0.717, 1.165) is 35.4 Å². The van der Waals surface area contributed by atoms with Crippen LogP contribution >= 0.6 is 0 Å². The Labute approximate surface area is 168 Å². The molecule has 0 saturated heterocycles. The van der Waals surface area contributed by atoms with Crippen LogP contribution in [0.4, 0.5) is 0 Å². The molecule has 5 heteroatoms. The van der Waals surface area contributed by atoms with Crippen molar-refractivity contribution in [3.05, 3.63) is 77.0 Å². The summed E-state index contributed by atoms with van der Waals surface area (Å²) in [6, 6.07) is 17.5. The molecule has 5 rings (SSSR count). The fourth-order valence-electron chi connectivity index (χ4n) is 4.27. The van der Waals surface area contributed by atoms with Crippen LogP contribution in [0.1, 0.15) is 25.1 Å². The molecule has 2 aromatic carbocycles. The van der Waals surface area contributed by atoms with Gasteiger partial charge in [-0.05, 0) is 55.7 Å². The largest absolute Gasteiger partial charge is 0.492 e. The quantitative estimate of drug-likeness (QED) is 0.390. The van der Waals surface area contributed by atoms with Crippen LogP contribution in [-0.4, -0.2) is 11.7 Å². The van der Waals surface area contributed by atoms with Crippen molar-refractivity contribution in [2.45, 2.75) is 32.2 Å². The lowest BCUT2D eigenvalue weighted by Crippen LogP contribution is -2.38. The number of benzene rings is 2. The van der Waals surface area contributed by atoms with Gasteiger partial charge in [-0.1, -0.05) is 12.1 Å². The average Bonchev–Trinajstić information content (AvgIpc) is 2.93. The molecule has 0 fully saturated rings. The molecule has 29 heavy (non-hydrogen) atoms. The predicted molar refractivity (Wildman–Crippen MR) is 112 cm³/mol. The van der Waals surface area contributed by atoms with E-state index < -0.39 is 0 Å². The molecule has 0 saturated carbocycles. The zero-order valence-corrected chi connectivity index (χ0v) is 16.4. The van der Waals surface area contributed by atoms with Gasteiger partial charge in [0.25, 0.3) is 5.82 Å². The molecule has 1 aliphatic heterocycles. The van der Waals surface area contributed by atoms with Crippen molar-refractivity contribution in [2.24, 2.45) is 0 Å². The molecule has 0 aliphatic carbocycles. The first kappa shape index (κ1) is 17.7. The Kier molecular flexibility index (Phi) is 4.43. The van der Waals surface area contributed by atoms with Gasteiger partial charge < -0.3 is 9.15 Å². The summed E-state index contributed by atoms with van der Waals surface area (Å²) in [7, 11) is 1.71. The Balaban J connectivity index is 1.72. The highest BCUT2D eigenvalue weighted by atomic mass is 16.5. The van der Waals surface area contributed by atoms with Gasteiger partial charge in [-0.3, -0.25) is 0 Å². The number of aromatic nitrogens is 2. The minimum Gasteiger partial charge on any atom is -0.492 e. The molecule has 0 bridgehead atoms. The monoisotopic (exact) mass is 387 g/mol. The minimum atomic E-state index is -0.323. The number of hydrogen-bond acceptors (Lipinski definition) is 3. The molecule has 0 atom stereocenters. The normalized spacial score (nSPS) is 13.8. The molecule has 2 aromatic heterocycles. The highest BCUT2D eigenvalue weighted by Crippen LogP contribution is 2.29. The SMILES string of the molecule is COc1ccccc1-n1cc(-c2ccc3oc(=O)ccc3c2)[n+]2c1CCCCC2. The van der Waals surface area contributed by atoms with Gasteiger partial charge in [0.05, 0.1) is 13.7 Å². The zero-order valence-electron chi connectivity index (χ0n) is 16.4. The van der Waals surface area contributed by atoms with Gasteiger partial charge >= 0.3 is 5.63 Å². The fraction of sp³-hybridized carbons (Fsp3) is 0.250. The second-order valence-electron chi connectivity index (χ2n) is 7.44. The Morgan fingerprint density at radius 2 is 1.93 bits per heavy atom. The Hall–Kier alpha value is -3.34. The predicted octanol–water partition coefficient (Wildman–Crippen LogP) is 4.27. The number of hydrogen-bond donors (Lipinski definition) is 0. The Morgan fingerprint density at radius 1 is 1.03 bits per heavy atom. The first-order chi connectivity index (χ1) is 14.2. The van der Waals surface area contributed by atoms with E-state index in [9.17, 15) is 4.79 Å². The lowest BCUT2D eigenvalue weighted by atomic mass is 10.1. The van der Waals surface area contributed by atoms with Crippen LogP contribution in [0.2, 0.25) is 0 Å². The van der Waals surface area contributed by atoms with Gasteiger partial charge in [0.1, 0.15) is 11.8 Å². The van der Waals surface area contributed by atoms with Gasteiger partial charge in [0, 0.05) is 23.4 Å². The molecule has 0 spiro atoms. The van der Waals surface area contributed by atoms with Gasteiger partial charge in [0.15, 0.2) is 17.1 Å². The second kappa shape index (κ2) is 7.24. The van der Waals surface area contributed by atoms with Crippen LogP contribution < -0.4 is 14.9 Å². The summed E-state index contributed by atoms with van der Waals surface area (Å²) in [5.41, 5.74) is 3.63. The number of methoxy groups -OCH3 is 1. The van der Waals surface area contributed by atoms with E-state index in [2.05, 4.69) is 27.5 Å². The average molecular weight is 387 g/mol. The first-order valence-corrected chi connectivity index (χ1v) is 10.1. The molecule has 0 radical (unpaired) electrons. The minimum absolute atomic E-state index is 0.323.